The first-order valence-corrected chi connectivity index (χ1v) is 13.5. The van der Waals surface area contributed by atoms with Crippen molar-refractivity contribution in [1.82, 2.24) is 4.90 Å². The lowest BCUT2D eigenvalue weighted by Crippen LogP contribution is -2.48. The summed E-state index contributed by atoms with van der Waals surface area (Å²) in [5.74, 6) is -0.325. The second kappa shape index (κ2) is 11.6. The highest BCUT2D eigenvalue weighted by Gasteiger charge is 2.25. The summed E-state index contributed by atoms with van der Waals surface area (Å²) < 4.78 is 0. The van der Waals surface area contributed by atoms with E-state index in [1.807, 2.05) is 65.3 Å². The van der Waals surface area contributed by atoms with Crippen molar-refractivity contribution in [3.05, 3.63) is 93.5 Å². The van der Waals surface area contributed by atoms with Gasteiger partial charge >= 0.3 is 0 Å². The van der Waals surface area contributed by atoms with Crippen LogP contribution in [0.25, 0.3) is 0 Å². The molecule has 39 heavy (non-hydrogen) atoms. The van der Waals surface area contributed by atoms with E-state index in [0.717, 1.165) is 62.3 Å². The molecule has 0 spiro atoms. The molecule has 0 bridgehead atoms. The van der Waals surface area contributed by atoms with Crippen molar-refractivity contribution in [2.24, 2.45) is 0 Å². The maximum atomic E-state index is 12.9. The fourth-order valence-electron chi connectivity index (χ4n) is 5.32. The van der Waals surface area contributed by atoms with Gasteiger partial charge in [0.15, 0.2) is 0 Å². The van der Waals surface area contributed by atoms with Crippen LogP contribution in [0.2, 0.25) is 0 Å². The van der Waals surface area contributed by atoms with Crippen molar-refractivity contribution in [3.63, 3.8) is 0 Å². The van der Waals surface area contributed by atoms with E-state index < -0.39 is 4.92 Å². The molecule has 0 aliphatic carbocycles. The highest BCUT2D eigenvalue weighted by molar-refractivity contribution is 6.05. The van der Waals surface area contributed by atoms with E-state index in [-0.39, 0.29) is 23.1 Å². The fraction of sp³-hybridized carbons (Fsp3) is 0.333. The van der Waals surface area contributed by atoms with Crippen LogP contribution in [0.5, 0.6) is 0 Å². The number of aryl methyl sites for hydroxylation is 1. The second-order valence-electron chi connectivity index (χ2n) is 10.1. The minimum absolute atomic E-state index is 0.0417. The lowest BCUT2D eigenvalue weighted by atomic mass is 10.1. The molecule has 3 aromatic carbocycles. The zero-order chi connectivity index (χ0) is 27.4. The number of nitrogens with zero attached hydrogens (tertiary/aromatic N) is 4. The first-order chi connectivity index (χ1) is 18.9. The fourth-order valence-corrected chi connectivity index (χ4v) is 5.32. The van der Waals surface area contributed by atoms with Crippen LogP contribution in [0, 0.1) is 17.0 Å². The summed E-state index contributed by atoms with van der Waals surface area (Å²) in [6.45, 7) is 6.24. The van der Waals surface area contributed by atoms with Gasteiger partial charge in [0.05, 0.1) is 4.92 Å². The molecule has 9 nitrogen and oxygen atoms in total. The highest BCUT2D eigenvalue weighted by Crippen LogP contribution is 2.31. The number of rotatable bonds is 6. The molecule has 0 unspecified atom stereocenters. The molecule has 2 amide bonds. The molecule has 0 radical (unpaired) electrons. The third-order valence-electron chi connectivity index (χ3n) is 7.56. The predicted octanol–water partition coefficient (Wildman–Crippen LogP) is 5.11. The number of piperidine rings is 1. The third kappa shape index (κ3) is 5.87. The Morgan fingerprint density at radius 2 is 1.51 bits per heavy atom. The van der Waals surface area contributed by atoms with Crippen LogP contribution in [0.4, 0.5) is 22.7 Å². The Kier molecular flexibility index (Phi) is 7.76. The molecule has 2 aliphatic rings. The van der Waals surface area contributed by atoms with E-state index in [1.54, 1.807) is 12.1 Å². The number of amides is 2. The number of benzene rings is 3. The molecule has 2 aliphatic heterocycles. The number of nitro groups is 1. The SMILES string of the molecule is Cc1ccccc1C(=O)N1CCN(c2ccc(NC(=O)c3ccc(N4CCCCC4)c([N+](=O)[O-])c3)cc2)CC1. The summed E-state index contributed by atoms with van der Waals surface area (Å²) >= 11 is 0. The molecule has 202 valence electrons. The number of anilines is 3. The van der Waals surface area contributed by atoms with Crippen LogP contribution in [-0.2, 0) is 0 Å². The monoisotopic (exact) mass is 527 g/mol. The molecule has 0 atom stereocenters. The minimum Gasteiger partial charge on any atom is -0.368 e. The summed E-state index contributed by atoms with van der Waals surface area (Å²) in [6, 6.07) is 19.9. The average molecular weight is 528 g/mol. The van der Waals surface area contributed by atoms with Gasteiger partial charge < -0.3 is 20.0 Å². The molecule has 5 rings (SSSR count). The van der Waals surface area contributed by atoms with E-state index in [2.05, 4.69) is 10.2 Å². The third-order valence-corrected chi connectivity index (χ3v) is 7.56. The largest absolute Gasteiger partial charge is 0.368 e. The van der Waals surface area contributed by atoms with Crippen LogP contribution in [0.15, 0.2) is 66.7 Å². The molecule has 3 aromatic rings. The molecular weight excluding hydrogens is 494 g/mol. The number of carbonyl (C=O) groups is 2. The molecule has 2 saturated heterocycles. The van der Waals surface area contributed by atoms with Gasteiger partial charge in [0.25, 0.3) is 17.5 Å². The van der Waals surface area contributed by atoms with Gasteiger partial charge in [-0.15, -0.1) is 0 Å². The number of piperazine rings is 1. The molecule has 1 N–H and O–H groups in total. The second-order valence-corrected chi connectivity index (χ2v) is 10.1. The zero-order valence-electron chi connectivity index (χ0n) is 22.1. The van der Waals surface area contributed by atoms with E-state index >= 15 is 0 Å². The number of nitrogens with one attached hydrogen (secondary N) is 1. The number of carbonyl (C=O) groups excluding carboxylic acids is 2. The number of hydrogen-bond donors (Lipinski definition) is 1. The van der Waals surface area contributed by atoms with Crippen molar-refractivity contribution < 1.29 is 14.5 Å². The van der Waals surface area contributed by atoms with Gasteiger partial charge in [-0.3, -0.25) is 19.7 Å². The normalized spacial score (nSPS) is 15.7. The van der Waals surface area contributed by atoms with Crippen LogP contribution in [0.1, 0.15) is 45.5 Å². The number of nitro benzene ring substituents is 1. The Hall–Kier alpha value is -4.40. The Bertz CT molecular complexity index is 1360. The van der Waals surface area contributed by atoms with E-state index in [1.165, 1.54) is 6.07 Å². The zero-order valence-corrected chi connectivity index (χ0v) is 22.1. The van der Waals surface area contributed by atoms with Crippen LogP contribution in [0.3, 0.4) is 0 Å². The number of hydrogen-bond acceptors (Lipinski definition) is 6. The minimum atomic E-state index is -0.413. The van der Waals surface area contributed by atoms with E-state index in [4.69, 9.17) is 0 Å². The first-order valence-electron chi connectivity index (χ1n) is 13.5. The quantitative estimate of drug-likeness (QED) is 0.353. The van der Waals surface area contributed by atoms with Crippen LogP contribution >= 0.6 is 0 Å². The smallest absolute Gasteiger partial charge is 0.293 e. The van der Waals surface area contributed by atoms with Gasteiger partial charge in [0, 0.05) is 67.8 Å². The van der Waals surface area contributed by atoms with Gasteiger partial charge in [-0.2, -0.15) is 0 Å². The van der Waals surface area contributed by atoms with Crippen molar-refractivity contribution >= 4 is 34.6 Å². The van der Waals surface area contributed by atoms with Crippen molar-refractivity contribution in [1.29, 1.82) is 0 Å². The standard InChI is InChI=1S/C30H33N5O4/c1-22-7-3-4-8-26(22)30(37)34-19-17-32(18-20-34)25-12-10-24(11-13-25)31-29(36)23-9-14-27(28(21-23)35(38)39)33-15-5-2-6-16-33/h3-4,7-14,21H,2,5-6,15-20H2,1H3,(H,31,36). The molecule has 2 heterocycles. The van der Waals surface area contributed by atoms with Gasteiger partial charge in [0.1, 0.15) is 5.69 Å². The maximum absolute atomic E-state index is 12.9. The topological polar surface area (TPSA) is 99.0 Å². The van der Waals surface area contributed by atoms with Crippen molar-refractivity contribution in [2.75, 3.05) is 54.4 Å². The summed E-state index contributed by atoms with van der Waals surface area (Å²) in [6.07, 6.45) is 3.15. The Morgan fingerprint density at radius 3 is 2.18 bits per heavy atom. The predicted molar refractivity (Wildman–Crippen MR) is 153 cm³/mol. The average Bonchev–Trinajstić information content (AvgIpc) is 2.97. The molecular formula is C30H33N5O4. The molecule has 2 fully saturated rings. The lowest BCUT2D eigenvalue weighted by Gasteiger charge is -2.36. The maximum Gasteiger partial charge on any atom is 0.293 e. The Labute approximate surface area is 228 Å². The van der Waals surface area contributed by atoms with Gasteiger partial charge in [-0.05, 0) is 74.2 Å². The van der Waals surface area contributed by atoms with Gasteiger partial charge in [0.2, 0.25) is 0 Å². The van der Waals surface area contributed by atoms with Crippen LogP contribution in [-0.4, -0.2) is 60.9 Å². The Balaban J connectivity index is 1.20. The molecule has 9 heteroatoms. The summed E-state index contributed by atoms with van der Waals surface area (Å²) in [5.41, 5.74) is 4.13. The van der Waals surface area contributed by atoms with E-state index in [9.17, 15) is 19.7 Å². The highest BCUT2D eigenvalue weighted by atomic mass is 16.6. The summed E-state index contributed by atoms with van der Waals surface area (Å²) in [7, 11) is 0. The molecule has 0 saturated carbocycles. The van der Waals surface area contributed by atoms with E-state index in [0.29, 0.717) is 24.5 Å². The first kappa shape index (κ1) is 26.2. The summed E-state index contributed by atoms with van der Waals surface area (Å²) in [4.78, 5) is 43.3. The molecule has 0 aromatic heterocycles. The van der Waals surface area contributed by atoms with Crippen molar-refractivity contribution in [3.8, 4) is 0 Å². The van der Waals surface area contributed by atoms with Crippen LogP contribution < -0.4 is 15.1 Å². The summed E-state index contributed by atoms with van der Waals surface area (Å²) in [5, 5.41) is 14.6. The van der Waals surface area contributed by atoms with Crippen molar-refractivity contribution in [2.45, 2.75) is 26.2 Å². The van der Waals surface area contributed by atoms with Gasteiger partial charge in [-0.1, -0.05) is 18.2 Å². The van der Waals surface area contributed by atoms with Gasteiger partial charge in [-0.25, -0.2) is 0 Å². The lowest BCUT2D eigenvalue weighted by molar-refractivity contribution is -0.384. The Morgan fingerprint density at radius 1 is 0.821 bits per heavy atom.